The zero-order valence-electron chi connectivity index (χ0n) is 17.2. The minimum atomic E-state index is 0.0450. The highest BCUT2D eigenvalue weighted by molar-refractivity contribution is 5.38. The second-order valence-electron chi connectivity index (χ2n) is 10.5. The molecule has 0 aromatic carbocycles. The Kier molecular flexibility index (Phi) is 3.74. The predicted molar refractivity (Wildman–Crippen MR) is 109 cm³/mol. The molecule has 5 nitrogen and oxygen atoms in total. The van der Waals surface area contributed by atoms with Crippen LogP contribution < -0.4 is 5.32 Å². The van der Waals surface area contributed by atoms with Gasteiger partial charge in [-0.25, -0.2) is 9.97 Å². The van der Waals surface area contributed by atoms with Crippen molar-refractivity contribution in [2.24, 2.45) is 17.3 Å². The molecule has 4 aliphatic carbocycles. The number of hydrogen-bond acceptors (Lipinski definition) is 5. The van der Waals surface area contributed by atoms with Gasteiger partial charge in [0.2, 0.25) is 5.95 Å². The van der Waals surface area contributed by atoms with Crippen molar-refractivity contribution >= 4 is 5.95 Å². The standard InChI is InChI=1S/C23H32N4O/c1-22(2)17-4-3-15(19(22)9-17)11-27-8-7-23(13-27)14-28-12-16-10-24-21(26-20(16)23)25-18-5-6-18/h3,10,17-19H,4-9,11-14H2,1-2H3,(H,24,25,26)/t17-,19-,23-/m0/s1. The molecule has 1 spiro atoms. The molecule has 3 fully saturated rings. The summed E-state index contributed by atoms with van der Waals surface area (Å²) in [5.41, 5.74) is 4.69. The summed E-state index contributed by atoms with van der Waals surface area (Å²) >= 11 is 0. The molecule has 0 unspecified atom stereocenters. The maximum Gasteiger partial charge on any atom is 0.223 e. The molecular weight excluding hydrogens is 348 g/mol. The first kappa shape index (κ1) is 17.4. The van der Waals surface area contributed by atoms with E-state index in [4.69, 9.17) is 9.72 Å². The van der Waals surface area contributed by atoms with Crippen LogP contribution in [0.15, 0.2) is 17.8 Å². The molecule has 1 N–H and O–H groups in total. The maximum atomic E-state index is 6.03. The lowest BCUT2D eigenvalue weighted by Crippen LogP contribution is -2.50. The second kappa shape index (κ2) is 6.02. The van der Waals surface area contributed by atoms with Crippen LogP contribution in [0.25, 0.3) is 0 Å². The molecule has 1 aromatic rings. The number of fused-ring (bicyclic) bond motifs is 3. The average molecular weight is 381 g/mol. The third-order valence-corrected chi connectivity index (χ3v) is 8.34. The summed E-state index contributed by atoms with van der Waals surface area (Å²) in [4.78, 5) is 12.2. The van der Waals surface area contributed by atoms with Crippen LogP contribution in [0.1, 0.15) is 57.2 Å². The molecule has 0 radical (unpaired) electrons. The van der Waals surface area contributed by atoms with Crippen LogP contribution in [0.5, 0.6) is 0 Å². The Morgan fingerprint density at radius 2 is 2.21 bits per heavy atom. The van der Waals surface area contributed by atoms with Gasteiger partial charge < -0.3 is 10.1 Å². The molecule has 0 amide bonds. The van der Waals surface area contributed by atoms with E-state index in [0.717, 1.165) is 50.4 Å². The smallest absolute Gasteiger partial charge is 0.223 e. The number of aromatic nitrogens is 2. The molecule has 150 valence electrons. The summed E-state index contributed by atoms with van der Waals surface area (Å²) in [7, 11) is 0. The minimum absolute atomic E-state index is 0.0450. The molecule has 3 heterocycles. The molecule has 3 atom stereocenters. The number of ether oxygens (including phenoxy) is 1. The number of likely N-dealkylation sites (tertiary alicyclic amines) is 1. The first-order chi connectivity index (χ1) is 13.5. The molecule has 5 heteroatoms. The van der Waals surface area contributed by atoms with Crippen molar-refractivity contribution in [1.29, 1.82) is 0 Å². The van der Waals surface area contributed by atoms with Crippen LogP contribution in [-0.4, -0.2) is 47.2 Å². The van der Waals surface area contributed by atoms with Gasteiger partial charge in [0.15, 0.2) is 0 Å². The van der Waals surface area contributed by atoms with Crippen molar-refractivity contribution in [2.45, 2.75) is 64.0 Å². The largest absolute Gasteiger partial charge is 0.376 e. The fraction of sp³-hybridized carbons (Fsp3) is 0.739. The van der Waals surface area contributed by atoms with Crippen LogP contribution in [0.2, 0.25) is 0 Å². The van der Waals surface area contributed by atoms with Gasteiger partial charge in [-0.3, -0.25) is 4.90 Å². The van der Waals surface area contributed by atoms with Crippen molar-refractivity contribution in [2.75, 3.05) is 31.6 Å². The Morgan fingerprint density at radius 3 is 3.00 bits per heavy atom. The van der Waals surface area contributed by atoms with E-state index >= 15 is 0 Å². The van der Waals surface area contributed by atoms with E-state index < -0.39 is 0 Å². The Morgan fingerprint density at radius 1 is 1.32 bits per heavy atom. The van der Waals surface area contributed by atoms with Crippen molar-refractivity contribution in [1.82, 2.24) is 14.9 Å². The van der Waals surface area contributed by atoms with Crippen LogP contribution in [-0.2, 0) is 16.8 Å². The van der Waals surface area contributed by atoms with Gasteiger partial charge in [0.05, 0.1) is 24.3 Å². The van der Waals surface area contributed by atoms with Crippen LogP contribution >= 0.6 is 0 Å². The van der Waals surface area contributed by atoms with Crippen molar-refractivity contribution in [3.63, 3.8) is 0 Å². The molecule has 7 rings (SSSR count). The van der Waals surface area contributed by atoms with Gasteiger partial charge in [-0.2, -0.15) is 0 Å². The second-order valence-corrected chi connectivity index (χ2v) is 10.5. The zero-order chi connectivity index (χ0) is 18.9. The van der Waals surface area contributed by atoms with Crippen molar-refractivity contribution in [3.05, 3.63) is 29.1 Å². The van der Waals surface area contributed by atoms with Gasteiger partial charge in [0, 0.05) is 30.9 Å². The predicted octanol–water partition coefficient (Wildman–Crippen LogP) is 3.52. The average Bonchev–Trinajstić information content (AvgIpc) is 3.42. The third kappa shape index (κ3) is 2.66. The number of allylic oxidation sites excluding steroid dienone is 1. The third-order valence-electron chi connectivity index (χ3n) is 8.34. The summed E-state index contributed by atoms with van der Waals surface area (Å²) in [5, 5.41) is 3.48. The van der Waals surface area contributed by atoms with Gasteiger partial charge in [-0.15, -0.1) is 0 Å². The van der Waals surface area contributed by atoms with Crippen LogP contribution in [0.4, 0.5) is 5.95 Å². The van der Waals surface area contributed by atoms with E-state index in [-0.39, 0.29) is 5.41 Å². The number of hydrogen-bond donors (Lipinski definition) is 1. The monoisotopic (exact) mass is 380 g/mol. The molecule has 6 aliphatic rings. The minimum Gasteiger partial charge on any atom is -0.376 e. The van der Waals surface area contributed by atoms with E-state index in [1.54, 1.807) is 5.57 Å². The van der Waals surface area contributed by atoms with Crippen molar-refractivity contribution in [3.8, 4) is 0 Å². The summed E-state index contributed by atoms with van der Waals surface area (Å²) in [6.45, 7) is 9.74. The van der Waals surface area contributed by atoms with Crippen molar-refractivity contribution < 1.29 is 4.74 Å². The van der Waals surface area contributed by atoms with Gasteiger partial charge in [0.1, 0.15) is 0 Å². The molecule has 2 bridgehead atoms. The topological polar surface area (TPSA) is 50.3 Å². The lowest BCUT2D eigenvalue weighted by Gasteiger charge is -2.57. The number of rotatable bonds is 4. The molecule has 1 saturated heterocycles. The lowest BCUT2D eigenvalue weighted by molar-refractivity contribution is -0.0105. The number of anilines is 1. The normalized spacial score (nSPS) is 36.0. The molecule has 2 aliphatic heterocycles. The first-order valence-electron chi connectivity index (χ1n) is 11.2. The van der Waals surface area contributed by atoms with Gasteiger partial charge in [0.25, 0.3) is 0 Å². The van der Waals surface area contributed by atoms with Gasteiger partial charge in [-0.1, -0.05) is 25.5 Å². The molecule has 2 saturated carbocycles. The zero-order valence-corrected chi connectivity index (χ0v) is 17.2. The van der Waals surface area contributed by atoms with Crippen LogP contribution in [0.3, 0.4) is 0 Å². The maximum absolute atomic E-state index is 6.03. The van der Waals surface area contributed by atoms with E-state index in [2.05, 4.69) is 35.1 Å². The highest BCUT2D eigenvalue weighted by atomic mass is 16.5. The Balaban J connectivity index is 1.22. The van der Waals surface area contributed by atoms with E-state index in [9.17, 15) is 0 Å². The van der Waals surface area contributed by atoms with Gasteiger partial charge in [-0.05, 0) is 55.9 Å². The first-order valence-corrected chi connectivity index (χ1v) is 11.2. The fourth-order valence-electron chi connectivity index (χ4n) is 6.19. The summed E-state index contributed by atoms with van der Waals surface area (Å²) in [6.07, 6.45) is 10.9. The molecule has 1 aromatic heterocycles. The SMILES string of the molecule is CC1(C)[C@H]2CC=C(CN3CC[C@@]4(COCc5cnc(NC6CC6)nc54)C3)[C@@H]1C2. The Labute approximate surface area is 168 Å². The van der Waals surface area contributed by atoms with E-state index in [0.29, 0.717) is 18.1 Å². The Bertz CT molecular complexity index is 830. The highest BCUT2D eigenvalue weighted by Crippen LogP contribution is 2.59. The fourth-order valence-corrected chi connectivity index (χ4v) is 6.19. The lowest BCUT2D eigenvalue weighted by atomic mass is 9.49. The molecule has 28 heavy (non-hydrogen) atoms. The highest BCUT2D eigenvalue weighted by Gasteiger charge is 2.52. The summed E-state index contributed by atoms with van der Waals surface area (Å²) in [6, 6.07) is 0.585. The van der Waals surface area contributed by atoms with E-state index in [1.807, 2.05) is 6.20 Å². The number of nitrogens with one attached hydrogen (secondary N) is 1. The van der Waals surface area contributed by atoms with Gasteiger partial charge >= 0.3 is 0 Å². The summed E-state index contributed by atoms with van der Waals surface area (Å²) < 4.78 is 6.03. The van der Waals surface area contributed by atoms with E-state index in [1.165, 1.54) is 36.9 Å². The summed E-state index contributed by atoms with van der Waals surface area (Å²) in [5.74, 6) is 2.53. The quantitative estimate of drug-likeness (QED) is 0.810. The van der Waals surface area contributed by atoms with Crippen LogP contribution in [0, 0.1) is 17.3 Å². The molecular formula is C23H32N4O. The Hall–Kier alpha value is -1.46. The number of nitrogens with zero attached hydrogens (tertiary/aromatic N) is 3.